The zero-order chi connectivity index (χ0) is 12.7. The van der Waals surface area contributed by atoms with E-state index in [1.54, 1.807) is 0 Å². The van der Waals surface area contributed by atoms with Crippen LogP contribution >= 0.6 is 0 Å². The third-order valence-electron chi connectivity index (χ3n) is 4.26. The number of carbonyl (C=O) groups excluding carboxylic acids is 1. The van der Waals surface area contributed by atoms with Gasteiger partial charge in [0.25, 0.3) is 5.91 Å². The summed E-state index contributed by atoms with van der Waals surface area (Å²) in [5, 5.41) is 18.4. The Bertz CT molecular complexity index is 471. The molecule has 4 atom stereocenters. The molecular formula is C12H15N3O3. The van der Waals surface area contributed by atoms with Gasteiger partial charge < -0.3 is 10.4 Å². The molecule has 6 heteroatoms. The van der Waals surface area contributed by atoms with Crippen LogP contribution in [0.4, 0.5) is 0 Å². The van der Waals surface area contributed by atoms with Crippen molar-refractivity contribution in [3.8, 4) is 0 Å². The second kappa shape index (κ2) is 4.12. The molecule has 0 spiro atoms. The van der Waals surface area contributed by atoms with Gasteiger partial charge in [0.05, 0.1) is 17.7 Å². The minimum absolute atomic E-state index is 0.224. The van der Waals surface area contributed by atoms with Gasteiger partial charge in [0.1, 0.15) is 0 Å². The molecule has 3 N–H and O–H groups in total. The molecule has 3 rings (SSSR count). The van der Waals surface area contributed by atoms with Crippen LogP contribution in [0.1, 0.15) is 29.6 Å². The normalized spacial score (nSPS) is 33.6. The maximum atomic E-state index is 11.9. The summed E-state index contributed by atoms with van der Waals surface area (Å²) in [6, 6.07) is -0.233. The lowest BCUT2D eigenvalue weighted by Crippen LogP contribution is -2.46. The van der Waals surface area contributed by atoms with Gasteiger partial charge in [0, 0.05) is 12.2 Å². The van der Waals surface area contributed by atoms with Crippen LogP contribution in [0.5, 0.6) is 0 Å². The van der Waals surface area contributed by atoms with Crippen molar-refractivity contribution in [3.63, 3.8) is 0 Å². The van der Waals surface area contributed by atoms with Gasteiger partial charge in [-0.15, -0.1) is 0 Å². The van der Waals surface area contributed by atoms with Crippen LogP contribution < -0.4 is 5.32 Å². The molecule has 0 aliphatic heterocycles. The molecule has 0 radical (unpaired) electrons. The maximum absolute atomic E-state index is 11.9. The van der Waals surface area contributed by atoms with Crippen molar-refractivity contribution >= 4 is 11.9 Å². The zero-order valence-electron chi connectivity index (χ0n) is 9.80. The number of fused-ring (bicyclic) bond motifs is 2. The molecule has 96 valence electrons. The number of amides is 1. The maximum Gasteiger partial charge on any atom is 0.308 e. The number of aromatic amines is 1. The average molecular weight is 249 g/mol. The summed E-state index contributed by atoms with van der Waals surface area (Å²) in [5.41, 5.74) is 0.446. The topological polar surface area (TPSA) is 95.1 Å². The number of H-pyrrole nitrogens is 1. The lowest BCUT2D eigenvalue weighted by molar-refractivity contribution is -0.144. The molecule has 1 aromatic heterocycles. The molecule has 1 heterocycles. The monoisotopic (exact) mass is 249 g/mol. The van der Waals surface area contributed by atoms with Crippen LogP contribution in [0.2, 0.25) is 0 Å². The Hall–Kier alpha value is -1.85. The van der Waals surface area contributed by atoms with E-state index in [1.165, 1.54) is 12.4 Å². The van der Waals surface area contributed by atoms with Crippen LogP contribution in [0, 0.1) is 17.8 Å². The molecule has 2 bridgehead atoms. The number of nitrogens with zero attached hydrogens (tertiary/aromatic N) is 1. The summed E-state index contributed by atoms with van der Waals surface area (Å²) in [5.74, 6) is -0.930. The molecule has 6 nitrogen and oxygen atoms in total. The number of rotatable bonds is 3. The van der Waals surface area contributed by atoms with Gasteiger partial charge in [-0.1, -0.05) is 0 Å². The summed E-state index contributed by atoms with van der Waals surface area (Å²) < 4.78 is 0. The van der Waals surface area contributed by atoms with Gasteiger partial charge in [0.2, 0.25) is 0 Å². The molecule has 18 heavy (non-hydrogen) atoms. The van der Waals surface area contributed by atoms with Crippen molar-refractivity contribution in [1.82, 2.24) is 15.5 Å². The van der Waals surface area contributed by atoms with Crippen molar-refractivity contribution in [3.05, 3.63) is 18.0 Å². The van der Waals surface area contributed by atoms with E-state index in [4.69, 9.17) is 0 Å². The number of nitrogens with one attached hydrogen (secondary N) is 2. The smallest absolute Gasteiger partial charge is 0.308 e. The number of carboxylic acid groups (broad SMARTS) is 1. The fourth-order valence-electron chi connectivity index (χ4n) is 3.46. The van der Waals surface area contributed by atoms with Gasteiger partial charge in [-0.25, -0.2) is 0 Å². The van der Waals surface area contributed by atoms with E-state index in [0.29, 0.717) is 11.5 Å². The first-order valence-electron chi connectivity index (χ1n) is 6.19. The van der Waals surface area contributed by atoms with Crippen molar-refractivity contribution in [2.75, 3.05) is 0 Å². The summed E-state index contributed by atoms with van der Waals surface area (Å²) in [6.45, 7) is 0. The molecule has 0 saturated heterocycles. The molecular weight excluding hydrogens is 234 g/mol. The first kappa shape index (κ1) is 11.3. The fraction of sp³-hybridized carbons (Fsp3) is 0.583. The molecule has 2 saturated carbocycles. The lowest BCUT2D eigenvalue weighted by atomic mass is 9.84. The quantitative estimate of drug-likeness (QED) is 0.732. The van der Waals surface area contributed by atoms with E-state index in [2.05, 4.69) is 15.5 Å². The van der Waals surface area contributed by atoms with Crippen molar-refractivity contribution in [1.29, 1.82) is 0 Å². The highest BCUT2D eigenvalue weighted by Crippen LogP contribution is 2.48. The number of hydrogen-bond donors (Lipinski definition) is 3. The Balaban J connectivity index is 1.75. The van der Waals surface area contributed by atoms with Gasteiger partial charge in [0.15, 0.2) is 0 Å². The minimum Gasteiger partial charge on any atom is -0.481 e. The predicted octanol–water partition coefficient (Wildman–Crippen LogP) is 0.639. The zero-order valence-corrected chi connectivity index (χ0v) is 9.80. The van der Waals surface area contributed by atoms with E-state index in [0.717, 1.165) is 19.3 Å². The van der Waals surface area contributed by atoms with E-state index in [9.17, 15) is 14.7 Å². The number of aliphatic carboxylic acids is 1. The highest BCUT2D eigenvalue weighted by Gasteiger charge is 2.51. The van der Waals surface area contributed by atoms with E-state index in [1.807, 2.05) is 0 Å². The van der Waals surface area contributed by atoms with E-state index < -0.39 is 11.9 Å². The fourth-order valence-corrected chi connectivity index (χ4v) is 3.46. The predicted molar refractivity (Wildman–Crippen MR) is 61.8 cm³/mol. The van der Waals surface area contributed by atoms with Crippen molar-refractivity contribution < 1.29 is 14.7 Å². The number of aromatic nitrogens is 2. The van der Waals surface area contributed by atoms with Gasteiger partial charge >= 0.3 is 5.97 Å². The standard InChI is InChI=1S/C12H15N3O3/c16-11(8-4-13-14-5-8)15-10-7-2-1-6(3-7)9(10)12(17)18/h4-7,9-10H,1-3H2,(H,13,14)(H,15,16)(H,17,18). The minimum atomic E-state index is -0.792. The summed E-state index contributed by atoms with van der Waals surface area (Å²) in [4.78, 5) is 23.2. The molecule has 2 aliphatic rings. The molecule has 2 aliphatic carbocycles. The highest BCUT2D eigenvalue weighted by molar-refractivity contribution is 5.94. The first-order valence-corrected chi connectivity index (χ1v) is 6.19. The average Bonchev–Trinajstić information content (AvgIpc) is 3.05. The van der Waals surface area contributed by atoms with Gasteiger partial charge in [-0.05, 0) is 31.1 Å². The SMILES string of the molecule is O=C(NC1C2CCC(C2)C1C(=O)O)c1cn[nH]c1. The first-order chi connectivity index (χ1) is 8.66. The molecule has 4 unspecified atom stereocenters. The molecule has 0 aromatic carbocycles. The number of hydrogen-bond acceptors (Lipinski definition) is 3. The molecule has 1 amide bonds. The summed E-state index contributed by atoms with van der Waals surface area (Å²) >= 11 is 0. The Kier molecular flexibility index (Phi) is 2.57. The summed E-state index contributed by atoms with van der Waals surface area (Å²) in [7, 11) is 0. The summed E-state index contributed by atoms with van der Waals surface area (Å²) in [6.07, 6.45) is 5.87. The van der Waals surface area contributed by atoms with Crippen LogP contribution in [0.15, 0.2) is 12.4 Å². The Morgan fingerprint density at radius 3 is 2.83 bits per heavy atom. The Morgan fingerprint density at radius 2 is 2.17 bits per heavy atom. The van der Waals surface area contributed by atoms with Crippen LogP contribution in [0.25, 0.3) is 0 Å². The third-order valence-corrected chi connectivity index (χ3v) is 4.26. The van der Waals surface area contributed by atoms with Gasteiger partial charge in [-0.2, -0.15) is 5.10 Å². The van der Waals surface area contributed by atoms with E-state index >= 15 is 0 Å². The number of carboxylic acids is 1. The Labute approximate surface area is 104 Å². The molecule has 2 fully saturated rings. The third kappa shape index (κ3) is 1.68. The largest absolute Gasteiger partial charge is 0.481 e. The molecule has 1 aromatic rings. The lowest BCUT2D eigenvalue weighted by Gasteiger charge is -2.28. The van der Waals surface area contributed by atoms with Crippen molar-refractivity contribution in [2.45, 2.75) is 25.3 Å². The second-order valence-corrected chi connectivity index (χ2v) is 5.18. The van der Waals surface area contributed by atoms with Gasteiger partial charge in [-0.3, -0.25) is 14.7 Å². The van der Waals surface area contributed by atoms with Crippen LogP contribution in [-0.2, 0) is 4.79 Å². The Morgan fingerprint density at radius 1 is 1.39 bits per heavy atom. The number of carbonyl (C=O) groups is 2. The highest BCUT2D eigenvalue weighted by atomic mass is 16.4. The van der Waals surface area contributed by atoms with E-state index in [-0.39, 0.29) is 17.9 Å². The van der Waals surface area contributed by atoms with Crippen LogP contribution in [-0.4, -0.2) is 33.2 Å². The van der Waals surface area contributed by atoms with Crippen molar-refractivity contribution in [2.24, 2.45) is 17.8 Å². The van der Waals surface area contributed by atoms with Crippen LogP contribution in [0.3, 0.4) is 0 Å². The second-order valence-electron chi connectivity index (χ2n) is 5.18.